The smallest absolute Gasteiger partial charge is 0.307 e. The van der Waals surface area contributed by atoms with E-state index >= 15 is 0 Å². The molecule has 0 bridgehead atoms. The Hall–Kier alpha value is -2.25. The van der Waals surface area contributed by atoms with Crippen LogP contribution in [-0.4, -0.2) is 18.2 Å². The molecular weight excluding hydrogens is 342 g/mol. The van der Waals surface area contributed by atoms with Gasteiger partial charge in [-0.2, -0.15) is 0 Å². The molecular formula is C17H17N3O2S2. The van der Waals surface area contributed by atoms with Crippen LogP contribution >= 0.6 is 23.1 Å². The summed E-state index contributed by atoms with van der Waals surface area (Å²) in [6.07, 6.45) is 7.99. The Morgan fingerprint density at radius 1 is 1.17 bits per heavy atom. The number of anilines is 1. The molecule has 2 aromatic rings. The molecule has 1 aromatic carbocycles. The number of carbonyl (C=O) groups excluding carboxylic acids is 2. The minimum atomic E-state index is -0.482. The van der Waals surface area contributed by atoms with Crippen LogP contribution in [0.5, 0.6) is 0 Å². The summed E-state index contributed by atoms with van der Waals surface area (Å²) in [7, 11) is 0. The number of para-hydroxylation sites is 1. The standard InChI is InChI=1S/C17H17N3O2S2/c1-23-16-13-10-6-5-9-12(13)14(24-16)15(21)19-20-17(22)18-11-7-3-2-4-8-11/h2-4,6-8,10H,5,9H2,1H3,(H,19,21)(H2,18,20,22). The Labute approximate surface area is 148 Å². The molecule has 3 rings (SSSR count). The number of amides is 3. The summed E-state index contributed by atoms with van der Waals surface area (Å²) in [5, 5.41) is 2.65. The van der Waals surface area contributed by atoms with Crippen LogP contribution in [-0.2, 0) is 6.42 Å². The summed E-state index contributed by atoms with van der Waals surface area (Å²) in [4.78, 5) is 24.9. The average molecular weight is 359 g/mol. The van der Waals surface area contributed by atoms with E-state index in [2.05, 4.69) is 28.3 Å². The Balaban J connectivity index is 1.64. The molecule has 0 spiro atoms. The van der Waals surface area contributed by atoms with Gasteiger partial charge in [-0.05, 0) is 36.8 Å². The van der Waals surface area contributed by atoms with Gasteiger partial charge in [0.1, 0.15) is 0 Å². The van der Waals surface area contributed by atoms with Crippen LogP contribution in [0.25, 0.3) is 6.08 Å². The predicted octanol–water partition coefficient (Wildman–Crippen LogP) is 3.90. The van der Waals surface area contributed by atoms with Crippen LogP contribution in [0.3, 0.4) is 0 Å². The van der Waals surface area contributed by atoms with Crippen LogP contribution in [0.1, 0.15) is 27.2 Å². The molecule has 1 aliphatic carbocycles. The van der Waals surface area contributed by atoms with Gasteiger partial charge in [0.2, 0.25) is 0 Å². The first kappa shape index (κ1) is 16.6. The number of carbonyl (C=O) groups is 2. The van der Waals surface area contributed by atoms with Gasteiger partial charge >= 0.3 is 6.03 Å². The number of nitrogens with one attached hydrogen (secondary N) is 3. The summed E-state index contributed by atoms with van der Waals surface area (Å²) >= 11 is 3.10. The number of allylic oxidation sites excluding steroid dienone is 1. The summed E-state index contributed by atoms with van der Waals surface area (Å²) in [6, 6.07) is 8.57. The molecule has 0 saturated carbocycles. The molecule has 1 aliphatic rings. The van der Waals surface area contributed by atoms with Gasteiger partial charge in [-0.15, -0.1) is 23.1 Å². The Morgan fingerprint density at radius 2 is 1.96 bits per heavy atom. The summed E-state index contributed by atoms with van der Waals surface area (Å²) in [5.41, 5.74) is 7.74. The molecule has 0 unspecified atom stereocenters. The lowest BCUT2D eigenvalue weighted by Crippen LogP contribution is -2.43. The van der Waals surface area contributed by atoms with Gasteiger partial charge in [0.15, 0.2) is 0 Å². The van der Waals surface area contributed by atoms with Gasteiger partial charge in [0, 0.05) is 11.3 Å². The minimum absolute atomic E-state index is 0.282. The summed E-state index contributed by atoms with van der Waals surface area (Å²) < 4.78 is 1.12. The second kappa shape index (κ2) is 7.55. The molecule has 3 N–H and O–H groups in total. The van der Waals surface area contributed by atoms with E-state index in [1.807, 2.05) is 24.5 Å². The van der Waals surface area contributed by atoms with Crippen molar-refractivity contribution in [3.8, 4) is 0 Å². The summed E-state index contributed by atoms with van der Waals surface area (Å²) in [5.74, 6) is -0.282. The maximum atomic E-state index is 12.4. The number of hydrogen-bond acceptors (Lipinski definition) is 4. The minimum Gasteiger partial charge on any atom is -0.307 e. The van der Waals surface area contributed by atoms with E-state index in [9.17, 15) is 9.59 Å². The molecule has 124 valence electrons. The van der Waals surface area contributed by atoms with Crippen molar-refractivity contribution in [1.29, 1.82) is 0 Å². The van der Waals surface area contributed by atoms with Crippen molar-refractivity contribution in [2.45, 2.75) is 17.1 Å². The van der Waals surface area contributed by atoms with Gasteiger partial charge in [-0.1, -0.05) is 30.4 Å². The molecule has 1 heterocycles. The second-order valence-electron chi connectivity index (χ2n) is 5.16. The number of thiophene rings is 1. The fourth-order valence-corrected chi connectivity index (χ4v) is 4.45. The van der Waals surface area contributed by atoms with Gasteiger partial charge < -0.3 is 5.32 Å². The quantitative estimate of drug-likeness (QED) is 0.575. The van der Waals surface area contributed by atoms with E-state index in [-0.39, 0.29) is 5.91 Å². The lowest BCUT2D eigenvalue weighted by Gasteiger charge is -2.10. The molecule has 24 heavy (non-hydrogen) atoms. The molecule has 7 heteroatoms. The zero-order chi connectivity index (χ0) is 16.9. The molecule has 0 fully saturated rings. The zero-order valence-corrected chi connectivity index (χ0v) is 14.7. The van der Waals surface area contributed by atoms with Crippen LogP contribution in [0, 0.1) is 0 Å². The van der Waals surface area contributed by atoms with Gasteiger partial charge in [-0.3, -0.25) is 10.2 Å². The Bertz CT molecular complexity index is 785. The monoisotopic (exact) mass is 359 g/mol. The zero-order valence-electron chi connectivity index (χ0n) is 13.1. The molecule has 0 radical (unpaired) electrons. The first-order valence-electron chi connectivity index (χ1n) is 7.47. The fourth-order valence-electron chi connectivity index (χ4n) is 2.49. The topological polar surface area (TPSA) is 70.2 Å². The normalized spacial score (nSPS) is 12.4. The van der Waals surface area contributed by atoms with E-state index in [4.69, 9.17) is 0 Å². The molecule has 3 amide bonds. The molecule has 0 atom stereocenters. The highest BCUT2D eigenvalue weighted by Crippen LogP contribution is 2.38. The van der Waals surface area contributed by atoms with Crippen LogP contribution in [0.15, 0.2) is 40.6 Å². The van der Waals surface area contributed by atoms with E-state index < -0.39 is 6.03 Å². The molecule has 5 nitrogen and oxygen atoms in total. The van der Waals surface area contributed by atoms with Gasteiger partial charge in [-0.25, -0.2) is 10.2 Å². The maximum absolute atomic E-state index is 12.4. The van der Waals surface area contributed by atoms with Crippen molar-refractivity contribution in [2.24, 2.45) is 0 Å². The third kappa shape index (κ3) is 3.63. The van der Waals surface area contributed by atoms with Crippen molar-refractivity contribution < 1.29 is 9.59 Å². The molecule has 0 aliphatic heterocycles. The van der Waals surface area contributed by atoms with Crippen LogP contribution < -0.4 is 16.2 Å². The lowest BCUT2D eigenvalue weighted by molar-refractivity contribution is 0.0941. The fraction of sp³-hybridized carbons (Fsp3) is 0.176. The highest BCUT2D eigenvalue weighted by molar-refractivity contribution is 8.00. The first-order chi connectivity index (χ1) is 11.7. The highest BCUT2D eigenvalue weighted by atomic mass is 32.2. The number of rotatable bonds is 3. The number of benzene rings is 1. The number of urea groups is 1. The van der Waals surface area contributed by atoms with E-state index in [1.165, 1.54) is 11.3 Å². The Kier molecular flexibility index (Phi) is 5.22. The lowest BCUT2D eigenvalue weighted by atomic mass is 10.00. The van der Waals surface area contributed by atoms with Crippen molar-refractivity contribution in [3.63, 3.8) is 0 Å². The second-order valence-corrected chi connectivity index (χ2v) is 7.25. The first-order valence-corrected chi connectivity index (χ1v) is 9.51. The third-order valence-electron chi connectivity index (χ3n) is 3.57. The van der Waals surface area contributed by atoms with Gasteiger partial charge in [0.25, 0.3) is 5.91 Å². The van der Waals surface area contributed by atoms with Crippen LogP contribution in [0.2, 0.25) is 0 Å². The number of fused-ring (bicyclic) bond motifs is 1. The number of thioether (sulfide) groups is 1. The number of hydrogen-bond donors (Lipinski definition) is 3. The largest absolute Gasteiger partial charge is 0.337 e. The van der Waals surface area contributed by atoms with Crippen molar-refractivity contribution in [1.82, 2.24) is 10.9 Å². The highest BCUT2D eigenvalue weighted by Gasteiger charge is 2.22. The predicted molar refractivity (Wildman–Crippen MR) is 99.5 cm³/mol. The van der Waals surface area contributed by atoms with E-state index in [0.717, 1.165) is 28.2 Å². The van der Waals surface area contributed by atoms with Gasteiger partial charge in [0.05, 0.1) is 9.09 Å². The number of hydrazine groups is 1. The van der Waals surface area contributed by atoms with Crippen molar-refractivity contribution >= 4 is 46.8 Å². The molecule has 0 saturated heterocycles. The molecule has 1 aromatic heterocycles. The third-order valence-corrected chi connectivity index (χ3v) is 5.95. The maximum Gasteiger partial charge on any atom is 0.337 e. The SMILES string of the molecule is CSc1sc(C(=O)NNC(=O)Nc2ccccc2)c2c1C=CCC2. The van der Waals surface area contributed by atoms with Crippen molar-refractivity contribution in [3.05, 3.63) is 52.4 Å². The summed E-state index contributed by atoms with van der Waals surface area (Å²) in [6.45, 7) is 0. The average Bonchev–Trinajstić information content (AvgIpc) is 2.99. The van der Waals surface area contributed by atoms with Crippen molar-refractivity contribution in [2.75, 3.05) is 11.6 Å². The van der Waals surface area contributed by atoms with E-state index in [0.29, 0.717) is 10.6 Å². The van der Waals surface area contributed by atoms with Crippen LogP contribution in [0.4, 0.5) is 10.5 Å². The Morgan fingerprint density at radius 3 is 2.71 bits per heavy atom. The van der Waals surface area contributed by atoms with E-state index in [1.54, 1.807) is 23.9 Å².